The number of aromatic amines is 1. The van der Waals surface area contributed by atoms with Crippen molar-refractivity contribution in [3.8, 4) is 5.75 Å². The van der Waals surface area contributed by atoms with Gasteiger partial charge in [0.05, 0.1) is 7.11 Å². The van der Waals surface area contributed by atoms with Crippen molar-refractivity contribution in [2.45, 2.75) is 18.8 Å². The quantitative estimate of drug-likeness (QED) is 0.400. The summed E-state index contributed by atoms with van der Waals surface area (Å²) in [4.78, 5) is 24.6. The molecular formula is C24H23ClN4O2. The lowest BCUT2D eigenvalue weighted by atomic mass is 9.89. The number of hydrogen-bond acceptors (Lipinski definition) is 4. The van der Waals surface area contributed by atoms with E-state index in [0.29, 0.717) is 18.1 Å². The molecule has 0 aliphatic carbocycles. The second-order valence-electron chi connectivity index (χ2n) is 7.25. The summed E-state index contributed by atoms with van der Waals surface area (Å²) >= 11 is 5.99. The Labute approximate surface area is 185 Å². The normalized spacial score (nSPS) is 11.9. The van der Waals surface area contributed by atoms with Crippen LogP contribution in [0.2, 0.25) is 5.15 Å². The minimum Gasteiger partial charge on any atom is -0.497 e. The number of ether oxygens (including phenoxy) is 1. The first-order chi connectivity index (χ1) is 15.1. The van der Waals surface area contributed by atoms with E-state index in [0.717, 1.165) is 33.5 Å². The first kappa shape index (κ1) is 20.9. The number of amides is 1. The fourth-order valence-electron chi connectivity index (χ4n) is 3.67. The highest BCUT2D eigenvalue weighted by molar-refractivity contribution is 6.29. The first-order valence-corrected chi connectivity index (χ1v) is 10.4. The monoisotopic (exact) mass is 434 g/mol. The van der Waals surface area contributed by atoms with Crippen LogP contribution in [0.4, 0.5) is 0 Å². The van der Waals surface area contributed by atoms with Gasteiger partial charge in [0.1, 0.15) is 10.9 Å². The van der Waals surface area contributed by atoms with Crippen LogP contribution in [0.5, 0.6) is 5.75 Å². The van der Waals surface area contributed by atoms with Crippen LogP contribution in [0, 0.1) is 0 Å². The zero-order chi connectivity index (χ0) is 21.6. The molecule has 158 valence electrons. The largest absolute Gasteiger partial charge is 0.497 e. The molecule has 6 nitrogen and oxygen atoms in total. The summed E-state index contributed by atoms with van der Waals surface area (Å²) in [6.45, 7) is 0.531. The number of aromatic nitrogens is 3. The van der Waals surface area contributed by atoms with Crippen LogP contribution in [0.3, 0.4) is 0 Å². The van der Waals surface area contributed by atoms with Gasteiger partial charge in [-0.1, -0.05) is 23.7 Å². The Morgan fingerprint density at radius 3 is 2.84 bits per heavy atom. The summed E-state index contributed by atoms with van der Waals surface area (Å²) in [6, 6.07) is 15.3. The van der Waals surface area contributed by atoms with E-state index < -0.39 is 0 Å². The highest BCUT2D eigenvalue weighted by atomic mass is 35.5. The fraction of sp³-hybridized carbons (Fsp3) is 0.208. The highest BCUT2D eigenvalue weighted by Crippen LogP contribution is 2.35. The van der Waals surface area contributed by atoms with Crippen molar-refractivity contribution in [2.24, 2.45) is 0 Å². The Morgan fingerprint density at radius 1 is 1.19 bits per heavy atom. The van der Waals surface area contributed by atoms with Gasteiger partial charge in [0.15, 0.2) is 0 Å². The van der Waals surface area contributed by atoms with E-state index in [4.69, 9.17) is 16.3 Å². The van der Waals surface area contributed by atoms with E-state index in [-0.39, 0.29) is 18.2 Å². The summed E-state index contributed by atoms with van der Waals surface area (Å²) in [7, 11) is 1.64. The Kier molecular flexibility index (Phi) is 6.48. The summed E-state index contributed by atoms with van der Waals surface area (Å²) < 4.78 is 5.40. The van der Waals surface area contributed by atoms with E-state index in [2.05, 4.69) is 20.3 Å². The molecule has 1 amide bonds. The third-order valence-electron chi connectivity index (χ3n) is 5.27. The number of nitrogens with one attached hydrogen (secondary N) is 2. The number of fused-ring (bicyclic) bond motifs is 1. The number of halogens is 1. The van der Waals surface area contributed by atoms with Gasteiger partial charge in [0.2, 0.25) is 5.91 Å². The number of benzene rings is 1. The SMILES string of the molecule is COc1ccc2[nH]cc(C(CC(=O)NCCc3ccccn3)c3ccc(Cl)nc3)c2c1. The molecule has 3 heterocycles. The number of methoxy groups -OCH3 is 1. The molecule has 2 N–H and O–H groups in total. The van der Waals surface area contributed by atoms with Crippen LogP contribution in [0.15, 0.2) is 67.1 Å². The maximum atomic E-state index is 12.8. The molecule has 1 aromatic carbocycles. The number of pyridine rings is 2. The molecule has 3 aromatic heterocycles. The molecular weight excluding hydrogens is 412 g/mol. The molecule has 1 unspecified atom stereocenters. The lowest BCUT2D eigenvalue weighted by Gasteiger charge is -2.17. The average molecular weight is 435 g/mol. The van der Waals surface area contributed by atoms with Crippen molar-refractivity contribution < 1.29 is 9.53 Å². The van der Waals surface area contributed by atoms with Gasteiger partial charge >= 0.3 is 0 Å². The molecule has 0 aliphatic heterocycles. The molecule has 0 radical (unpaired) electrons. The smallest absolute Gasteiger partial charge is 0.220 e. The van der Waals surface area contributed by atoms with Gasteiger partial charge in [0.25, 0.3) is 0 Å². The summed E-state index contributed by atoms with van der Waals surface area (Å²) in [5.41, 5.74) is 3.87. The maximum Gasteiger partial charge on any atom is 0.220 e. The standard InChI is InChI=1S/C24H23ClN4O2/c1-31-18-6-7-22-20(12-18)21(15-28-22)19(16-5-8-23(25)29-14-16)13-24(30)27-11-9-17-4-2-3-10-26-17/h2-8,10,12,14-15,19,28H,9,11,13H2,1H3,(H,27,30). The van der Waals surface area contributed by atoms with Crippen LogP contribution >= 0.6 is 11.6 Å². The molecule has 4 aromatic rings. The van der Waals surface area contributed by atoms with Gasteiger partial charge < -0.3 is 15.0 Å². The molecule has 0 spiro atoms. The first-order valence-electron chi connectivity index (χ1n) is 10.1. The number of H-pyrrole nitrogens is 1. The van der Waals surface area contributed by atoms with Crippen LogP contribution in [0.1, 0.15) is 29.2 Å². The molecule has 0 saturated carbocycles. The zero-order valence-electron chi connectivity index (χ0n) is 17.1. The summed E-state index contributed by atoms with van der Waals surface area (Å²) in [5.74, 6) is 0.551. The van der Waals surface area contributed by atoms with Gasteiger partial charge in [-0.05, 0) is 47.5 Å². The minimum atomic E-state index is -0.180. The lowest BCUT2D eigenvalue weighted by molar-refractivity contribution is -0.121. The Morgan fingerprint density at radius 2 is 2.10 bits per heavy atom. The van der Waals surface area contributed by atoms with Gasteiger partial charge in [-0.25, -0.2) is 4.98 Å². The van der Waals surface area contributed by atoms with Crippen molar-refractivity contribution >= 4 is 28.4 Å². The van der Waals surface area contributed by atoms with E-state index >= 15 is 0 Å². The third kappa shape index (κ3) is 5.03. The van der Waals surface area contributed by atoms with Crippen LogP contribution in [-0.2, 0) is 11.2 Å². The number of carbonyl (C=O) groups excluding carboxylic acids is 1. The Hall–Kier alpha value is -3.38. The molecule has 0 aliphatic rings. The third-order valence-corrected chi connectivity index (χ3v) is 5.49. The highest BCUT2D eigenvalue weighted by Gasteiger charge is 2.22. The fourth-order valence-corrected chi connectivity index (χ4v) is 3.78. The number of rotatable bonds is 8. The predicted octanol–water partition coefficient (Wildman–Crippen LogP) is 4.50. The zero-order valence-corrected chi connectivity index (χ0v) is 17.9. The van der Waals surface area contributed by atoms with Crippen molar-refractivity contribution in [1.29, 1.82) is 0 Å². The van der Waals surface area contributed by atoms with E-state index in [1.54, 1.807) is 25.6 Å². The maximum absolute atomic E-state index is 12.8. The average Bonchev–Trinajstić information content (AvgIpc) is 3.22. The number of carbonyl (C=O) groups is 1. The topological polar surface area (TPSA) is 79.9 Å². The molecule has 31 heavy (non-hydrogen) atoms. The van der Waals surface area contributed by atoms with Crippen LogP contribution < -0.4 is 10.1 Å². The molecule has 7 heteroatoms. The van der Waals surface area contributed by atoms with Crippen molar-refractivity contribution in [2.75, 3.05) is 13.7 Å². The number of nitrogens with zero attached hydrogens (tertiary/aromatic N) is 2. The van der Waals surface area contributed by atoms with E-state index in [1.807, 2.05) is 48.7 Å². The van der Waals surface area contributed by atoms with E-state index in [9.17, 15) is 4.79 Å². The summed E-state index contributed by atoms with van der Waals surface area (Å²) in [6.07, 6.45) is 6.41. The molecule has 4 rings (SSSR count). The van der Waals surface area contributed by atoms with Crippen molar-refractivity contribution in [1.82, 2.24) is 20.3 Å². The van der Waals surface area contributed by atoms with E-state index in [1.165, 1.54) is 0 Å². The molecule has 0 bridgehead atoms. The van der Waals surface area contributed by atoms with Gasteiger partial charge in [-0.15, -0.1) is 0 Å². The Bertz CT molecular complexity index is 1160. The Balaban J connectivity index is 1.56. The second kappa shape index (κ2) is 9.62. The van der Waals surface area contributed by atoms with Crippen LogP contribution in [-0.4, -0.2) is 34.5 Å². The molecule has 1 atom stereocenters. The molecule has 0 fully saturated rings. The lowest BCUT2D eigenvalue weighted by Crippen LogP contribution is -2.27. The van der Waals surface area contributed by atoms with Gasteiger partial charge in [-0.2, -0.15) is 0 Å². The minimum absolute atomic E-state index is 0.0341. The second-order valence-corrected chi connectivity index (χ2v) is 7.63. The van der Waals surface area contributed by atoms with Crippen molar-refractivity contribution in [3.05, 3.63) is 89.1 Å². The predicted molar refractivity (Wildman–Crippen MR) is 122 cm³/mol. The van der Waals surface area contributed by atoms with Crippen molar-refractivity contribution in [3.63, 3.8) is 0 Å². The molecule has 0 saturated heterocycles. The van der Waals surface area contributed by atoms with Gasteiger partial charge in [-0.3, -0.25) is 9.78 Å². The number of hydrogen-bond donors (Lipinski definition) is 2. The van der Waals surface area contributed by atoms with Gasteiger partial charge in [0, 0.05) is 60.5 Å². The summed E-state index contributed by atoms with van der Waals surface area (Å²) in [5, 5.41) is 4.45. The van der Waals surface area contributed by atoms with Crippen LogP contribution in [0.25, 0.3) is 10.9 Å².